The van der Waals surface area contributed by atoms with Crippen LogP contribution in [0.5, 0.6) is 5.75 Å². The van der Waals surface area contributed by atoms with Crippen molar-refractivity contribution in [2.24, 2.45) is 7.05 Å². The van der Waals surface area contributed by atoms with Gasteiger partial charge in [-0.1, -0.05) is 18.2 Å². The Morgan fingerprint density at radius 2 is 1.94 bits per heavy atom. The second-order valence-electron chi connectivity index (χ2n) is 8.60. The first-order valence-corrected chi connectivity index (χ1v) is 11.6. The minimum atomic E-state index is -0.0295. The van der Waals surface area contributed by atoms with E-state index in [-0.39, 0.29) is 18.6 Å². The van der Waals surface area contributed by atoms with Crippen LogP contribution in [0.15, 0.2) is 54.7 Å². The first-order valence-electron chi connectivity index (χ1n) is 11.6. The van der Waals surface area contributed by atoms with Crippen molar-refractivity contribution in [2.45, 2.75) is 31.8 Å². The van der Waals surface area contributed by atoms with E-state index in [1.807, 2.05) is 54.5 Å². The van der Waals surface area contributed by atoms with Crippen LogP contribution in [-0.2, 0) is 23.1 Å². The van der Waals surface area contributed by atoms with Gasteiger partial charge in [0.2, 0.25) is 0 Å². The predicted molar refractivity (Wildman–Crippen MR) is 128 cm³/mol. The van der Waals surface area contributed by atoms with Gasteiger partial charge in [0.05, 0.1) is 29.2 Å². The van der Waals surface area contributed by atoms with Crippen molar-refractivity contribution in [3.63, 3.8) is 0 Å². The highest BCUT2D eigenvalue weighted by molar-refractivity contribution is 5.87. The zero-order chi connectivity index (χ0) is 22.8. The number of carbonyl (C=O) groups excluding carboxylic acids is 1. The molecule has 4 aromatic rings. The summed E-state index contributed by atoms with van der Waals surface area (Å²) in [5.41, 5.74) is 3.13. The Kier molecular flexibility index (Phi) is 6.05. The Bertz CT molecular complexity index is 1280. The number of aromatic nitrogens is 3. The van der Waals surface area contributed by atoms with E-state index < -0.39 is 0 Å². The van der Waals surface area contributed by atoms with Gasteiger partial charge in [-0.05, 0) is 49.6 Å². The molecule has 0 N–H and O–H groups in total. The highest BCUT2D eigenvalue weighted by atomic mass is 16.5. The lowest BCUT2D eigenvalue weighted by atomic mass is 10.0. The molecular formula is C26H30N4O3. The van der Waals surface area contributed by atoms with E-state index in [1.54, 1.807) is 7.11 Å². The molecule has 0 radical (unpaired) electrons. The van der Waals surface area contributed by atoms with Crippen LogP contribution in [0, 0.1) is 0 Å². The fourth-order valence-corrected chi connectivity index (χ4v) is 4.89. The summed E-state index contributed by atoms with van der Waals surface area (Å²) in [4.78, 5) is 20.1. The van der Waals surface area contributed by atoms with Crippen LogP contribution in [0.2, 0.25) is 0 Å². The molecule has 172 valence electrons. The van der Waals surface area contributed by atoms with E-state index in [9.17, 15) is 4.79 Å². The van der Waals surface area contributed by atoms with Crippen LogP contribution in [0.3, 0.4) is 0 Å². The Balaban J connectivity index is 1.34. The SMILES string of the molecule is COCCn1ccc2c(OCC(=O)N3CCCCC3c3nc4ccccc4n3C)cccc21. The molecule has 0 saturated carbocycles. The number of carbonyl (C=O) groups is 1. The second-order valence-corrected chi connectivity index (χ2v) is 8.60. The summed E-state index contributed by atoms with van der Waals surface area (Å²) in [6.07, 6.45) is 5.04. The van der Waals surface area contributed by atoms with E-state index in [4.69, 9.17) is 14.5 Å². The zero-order valence-corrected chi connectivity index (χ0v) is 19.2. The highest BCUT2D eigenvalue weighted by Crippen LogP contribution is 2.32. The van der Waals surface area contributed by atoms with E-state index in [1.165, 1.54) is 0 Å². The van der Waals surface area contributed by atoms with Gasteiger partial charge in [-0.2, -0.15) is 0 Å². The molecule has 1 saturated heterocycles. The number of likely N-dealkylation sites (tertiary alicyclic amines) is 1. The number of nitrogens with zero attached hydrogens (tertiary/aromatic N) is 4. The quantitative estimate of drug-likeness (QED) is 0.425. The normalized spacial score (nSPS) is 16.5. The van der Waals surface area contributed by atoms with Crippen molar-refractivity contribution in [3.8, 4) is 5.75 Å². The van der Waals surface area contributed by atoms with E-state index in [2.05, 4.69) is 21.3 Å². The molecule has 3 heterocycles. The van der Waals surface area contributed by atoms with E-state index >= 15 is 0 Å². The summed E-state index contributed by atoms with van der Waals surface area (Å²) in [5.74, 6) is 1.68. The molecule has 5 rings (SSSR count). The second kappa shape index (κ2) is 9.27. The first kappa shape index (κ1) is 21.5. The van der Waals surface area contributed by atoms with E-state index in [0.717, 1.165) is 65.9 Å². The van der Waals surface area contributed by atoms with Gasteiger partial charge >= 0.3 is 0 Å². The Morgan fingerprint density at radius 1 is 1.09 bits per heavy atom. The summed E-state index contributed by atoms with van der Waals surface area (Å²) in [5, 5.41) is 1.01. The zero-order valence-electron chi connectivity index (χ0n) is 19.2. The standard InChI is InChI=1S/C26H30N4O3/c1-28-22-9-4-3-8-20(22)27-26(28)23-10-5-6-14-30(23)25(31)18-33-24-12-7-11-21-19(24)13-15-29(21)16-17-32-2/h3-4,7-9,11-13,15,23H,5-6,10,14,16-18H2,1-2H3. The van der Waals surface area contributed by atoms with Crippen LogP contribution < -0.4 is 4.74 Å². The van der Waals surface area contributed by atoms with E-state index in [0.29, 0.717) is 6.61 Å². The topological polar surface area (TPSA) is 61.5 Å². The van der Waals surface area contributed by atoms with Crippen LogP contribution in [-0.4, -0.2) is 51.8 Å². The van der Waals surface area contributed by atoms with Gasteiger partial charge in [0.1, 0.15) is 11.6 Å². The fourth-order valence-electron chi connectivity index (χ4n) is 4.89. The predicted octanol–water partition coefficient (Wildman–Crippen LogP) is 4.31. The number of rotatable bonds is 7. The summed E-state index contributed by atoms with van der Waals surface area (Å²) in [6.45, 7) is 2.16. The van der Waals surface area contributed by atoms with Crippen molar-refractivity contribution in [2.75, 3.05) is 26.9 Å². The molecule has 7 nitrogen and oxygen atoms in total. The number of para-hydroxylation sites is 2. The summed E-state index contributed by atoms with van der Waals surface area (Å²) < 4.78 is 15.5. The number of hydrogen-bond donors (Lipinski definition) is 0. The lowest BCUT2D eigenvalue weighted by molar-refractivity contribution is -0.137. The number of imidazole rings is 1. The van der Waals surface area contributed by atoms with Crippen LogP contribution in [0.25, 0.3) is 21.9 Å². The average Bonchev–Trinajstić information content (AvgIpc) is 3.42. The molecule has 0 spiro atoms. The van der Waals surface area contributed by atoms with Crippen LogP contribution in [0.4, 0.5) is 0 Å². The average molecular weight is 447 g/mol. The Hall–Kier alpha value is -3.32. The molecule has 1 unspecified atom stereocenters. The molecule has 0 bridgehead atoms. The van der Waals surface area contributed by atoms with Gasteiger partial charge in [0.25, 0.3) is 5.91 Å². The number of piperidine rings is 1. The van der Waals surface area contributed by atoms with Crippen LogP contribution >= 0.6 is 0 Å². The third-order valence-corrected chi connectivity index (χ3v) is 6.60. The van der Waals surface area contributed by atoms with Gasteiger partial charge < -0.3 is 23.5 Å². The fraction of sp³-hybridized carbons (Fsp3) is 0.385. The minimum Gasteiger partial charge on any atom is -0.483 e. The molecule has 1 atom stereocenters. The molecule has 2 aromatic heterocycles. The number of aryl methyl sites for hydroxylation is 1. The van der Waals surface area contributed by atoms with Crippen molar-refractivity contribution in [3.05, 3.63) is 60.6 Å². The maximum absolute atomic E-state index is 13.3. The molecule has 1 fully saturated rings. The molecule has 1 aliphatic rings. The Morgan fingerprint density at radius 3 is 2.79 bits per heavy atom. The molecule has 7 heteroatoms. The third kappa shape index (κ3) is 4.09. The maximum atomic E-state index is 13.3. The monoisotopic (exact) mass is 446 g/mol. The molecule has 0 aliphatic carbocycles. The van der Waals surface area contributed by atoms with Crippen molar-refractivity contribution in [1.82, 2.24) is 19.0 Å². The minimum absolute atomic E-state index is 0.00238. The Labute approximate surface area is 193 Å². The van der Waals surface area contributed by atoms with Crippen molar-refractivity contribution in [1.29, 1.82) is 0 Å². The largest absolute Gasteiger partial charge is 0.483 e. The van der Waals surface area contributed by atoms with Crippen molar-refractivity contribution < 1.29 is 14.3 Å². The summed E-state index contributed by atoms with van der Waals surface area (Å²) in [6, 6.07) is 16.1. The summed E-state index contributed by atoms with van der Waals surface area (Å²) in [7, 11) is 3.74. The third-order valence-electron chi connectivity index (χ3n) is 6.60. The number of ether oxygens (including phenoxy) is 2. The molecule has 33 heavy (non-hydrogen) atoms. The van der Waals surface area contributed by atoms with Crippen LogP contribution in [0.1, 0.15) is 31.1 Å². The van der Waals surface area contributed by atoms with Gasteiger partial charge in [-0.3, -0.25) is 4.79 Å². The lowest BCUT2D eigenvalue weighted by Gasteiger charge is -2.35. The molecule has 2 aromatic carbocycles. The van der Waals surface area contributed by atoms with Gasteiger partial charge in [-0.15, -0.1) is 0 Å². The lowest BCUT2D eigenvalue weighted by Crippen LogP contribution is -2.42. The molecule has 1 amide bonds. The highest BCUT2D eigenvalue weighted by Gasteiger charge is 2.31. The first-order chi connectivity index (χ1) is 16.2. The van der Waals surface area contributed by atoms with Gasteiger partial charge in [0, 0.05) is 38.8 Å². The number of fused-ring (bicyclic) bond motifs is 2. The number of benzene rings is 2. The van der Waals surface area contributed by atoms with Gasteiger partial charge in [0.15, 0.2) is 6.61 Å². The number of hydrogen-bond acceptors (Lipinski definition) is 4. The molecular weight excluding hydrogens is 416 g/mol. The smallest absolute Gasteiger partial charge is 0.261 e. The number of methoxy groups -OCH3 is 1. The number of amides is 1. The molecule has 1 aliphatic heterocycles. The maximum Gasteiger partial charge on any atom is 0.261 e. The van der Waals surface area contributed by atoms with Gasteiger partial charge in [-0.25, -0.2) is 4.98 Å². The summed E-state index contributed by atoms with van der Waals surface area (Å²) >= 11 is 0. The van der Waals surface area contributed by atoms with Crippen molar-refractivity contribution >= 4 is 27.8 Å².